The largest absolute Gasteiger partial charge is 0.378 e. The molecule has 78 valence electrons. The van der Waals surface area contributed by atoms with E-state index in [9.17, 15) is 0 Å². The predicted octanol–water partition coefficient (Wildman–Crippen LogP) is 3.94. The van der Waals surface area contributed by atoms with Gasteiger partial charge in [0.25, 0.3) is 0 Å². The van der Waals surface area contributed by atoms with Crippen molar-refractivity contribution in [2.75, 3.05) is 6.61 Å². The molecular formula is C12H24O. The molecule has 0 bridgehead atoms. The van der Waals surface area contributed by atoms with Gasteiger partial charge in [-0.25, -0.2) is 0 Å². The standard InChI is InChI=1S/C12H24O/c1-4-7-10-12(9-6-3)13-11-8-5-2/h5,12H,2,4,6-11H2,1,3H3. The second-order valence-corrected chi connectivity index (χ2v) is 3.50. The normalized spacial score (nSPS) is 12.8. The first-order chi connectivity index (χ1) is 6.35. The van der Waals surface area contributed by atoms with Gasteiger partial charge in [-0.2, -0.15) is 0 Å². The zero-order valence-corrected chi connectivity index (χ0v) is 9.22. The van der Waals surface area contributed by atoms with Crippen LogP contribution in [0.5, 0.6) is 0 Å². The number of hydrogen-bond donors (Lipinski definition) is 0. The van der Waals surface area contributed by atoms with Crippen molar-refractivity contribution in [3.8, 4) is 0 Å². The molecule has 0 spiro atoms. The SMILES string of the molecule is C=CCCOC(CCC)CCCC. The van der Waals surface area contributed by atoms with Crippen LogP contribution >= 0.6 is 0 Å². The zero-order chi connectivity index (χ0) is 9.94. The lowest BCUT2D eigenvalue weighted by atomic mass is 10.1. The summed E-state index contributed by atoms with van der Waals surface area (Å²) in [5.74, 6) is 0. The van der Waals surface area contributed by atoms with Crippen LogP contribution in [0.15, 0.2) is 12.7 Å². The predicted molar refractivity (Wildman–Crippen MR) is 59.0 cm³/mol. The molecule has 0 fully saturated rings. The molecule has 0 saturated heterocycles. The van der Waals surface area contributed by atoms with Gasteiger partial charge in [-0.15, -0.1) is 6.58 Å². The average Bonchev–Trinajstić information content (AvgIpc) is 2.14. The Bertz CT molecular complexity index is 110. The van der Waals surface area contributed by atoms with Crippen molar-refractivity contribution >= 4 is 0 Å². The van der Waals surface area contributed by atoms with Gasteiger partial charge in [0.15, 0.2) is 0 Å². The molecule has 0 radical (unpaired) electrons. The Balaban J connectivity index is 3.46. The monoisotopic (exact) mass is 184 g/mol. The lowest BCUT2D eigenvalue weighted by molar-refractivity contribution is 0.0427. The Kier molecular flexibility index (Phi) is 9.56. The highest BCUT2D eigenvalue weighted by Gasteiger charge is 2.05. The van der Waals surface area contributed by atoms with Crippen LogP contribution in [-0.2, 0) is 4.74 Å². The van der Waals surface area contributed by atoms with Gasteiger partial charge in [-0.1, -0.05) is 39.2 Å². The second-order valence-electron chi connectivity index (χ2n) is 3.50. The Morgan fingerprint density at radius 2 is 2.00 bits per heavy atom. The Labute approximate surface area is 83.2 Å². The summed E-state index contributed by atoms with van der Waals surface area (Å²) in [6.07, 6.45) is 9.60. The topological polar surface area (TPSA) is 9.23 Å². The molecular weight excluding hydrogens is 160 g/mol. The Morgan fingerprint density at radius 3 is 2.54 bits per heavy atom. The molecule has 0 amide bonds. The highest BCUT2D eigenvalue weighted by molar-refractivity contribution is 4.66. The van der Waals surface area contributed by atoms with Crippen molar-refractivity contribution in [2.24, 2.45) is 0 Å². The molecule has 0 aromatic carbocycles. The molecule has 0 aliphatic heterocycles. The van der Waals surface area contributed by atoms with Gasteiger partial charge in [0, 0.05) is 0 Å². The summed E-state index contributed by atoms with van der Waals surface area (Å²) >= 11 is 0. The summed E-state index contributed by atoms with van der Waals surface area (Å²) in [5, 5.41) is 0. The molecule has 0 heterocycles. The van der Waals surface area contributed by atoms with Gasteiger partial charge < -0.3 is 4.74 Å². The summed E-state index contributed by atoms with van der Waals surface area (Å²) in [4.78, 5) is 0. The lowest BCUT2D eigenvalue weighted by Gasteiger charge is -2.16. The van der Waals surface area contributed by atoms with E-state index >= 15 is 0 Å². The van der Waals surface area contributed by atoms with E-state index in [-0.39, 0.29) is 0 Å². The van der Waals surface area contributed by atoms with Gasteiger partial charge in [0.1, 0.15) is 0 Å². The number of unbranched alkanes of at least 4 members (excludes halogenated alkanes) is 1. The van der Waals surface area contributed by atoms with Gasteiger partial charge in [-0.05, 0) is 19.3 Å². The van der Waals surface area contributed by atoms with Gasteiger partial charge >= 0.3 is 0 Å². The first-order valence-corrected chi connectivity index (χ1v) is 5.57. The maximum atomic E-state index is 5.75. The van der Waals surface area contributed by atoms with E-state index < -0.39 is 0 Å². The van der Waals surface area contributed by atoms with E-state index in [0.29, 0.717) is 6.10 Å². The van der Waals surface area contributed by atoms with Gasteiger partial charge in [0.05, 0.1) is 12.7 Å². The second kappa shape index (κ2) is 9.79. The lowest BCUT2D eigenvalue weighted by Crippen LogP contribution is -2.13. The molecule has 0 aromatic rings. The Hall–Kier alpha value is -0.300. The molecule has 1 unspecified atom stereocenters. The van der Waals surface area contributed by atoms with Crippen LogP contribution in [0.4, 0.5) is 0 Å². The summed E-state index contributed by atoms with van der Waals surface area (Å²) in [6, 6.07) is 0. The highest BCUT2D eigenvalue weighted by Crippen LogP contribution is 2.11. The zero-order valence-electron chi connectivity index (χ0n) is 9.22. The molecule has 0 N–H and O–H groups in total. The van der Waals surface area contributed by atoms with Gasteiger partial charge in [-0.3, -0.25) is 0 Å². The quantitative estimate of drug-likeness (QED) is 0.389. The van der Waals surface area contributed by atoms with Gasteiger partial charge in [0.2, 0.25) is 0 Å². The maximum absolute atomic E-state index is 5.75. The van der Waals surface area contributed by atoms with E-state index in [2.05, 4.69) is 20.4 Å². The molecule has 0 rings (SSSR count). The fourth-order valence-corrected chi connectivity index (χ4v) is 1.38. The van der Waals surface area contributed by atoms with Crippen LogP contribution in [0.3, 0.4) is 0 Å². The fourth-order valence-electron chi connectivity index (χ4n) is 1.38. The minimum absolute atomic E-state index is 0.491. The van der Waals surface area contributed by atoms with Crippen molar-refractivity contribution < 1.29 is 4.74 Å². The van der Waals surface area contributed by atoms with Crippen LogP contribution in [0.1, 0.15) is 52.4 Å². The van der Waals surface area contributed by atoms with E-state index in [0.717, 1.165) is 13.0 Å². The molecule has 0 aromatic heterocycles. The van der Waals surface area contributed by atoms with E-state index in [4.69, 9.17) is 4.74 Å². The van der Waals surface area contributed by atoms with Crippen molar-refractivity contribution in [2.45, 2.75) is 58.5 Å². The molecule has 0 saturated carbocycles. The first kappa shape index (κ1) is 12.7. The van der Waals surface area contributed by atoms with Crippen LogP contribution in [0.2, 0.25) is 0 Å². The van der Waals surface area contributed by atoms with E-state index in [1.54, 1.807) is 0 Å². The third-order valence-corrected chi connectivity index (χ3v) is 2.17. The number of rotatable bonds is 9. The molecule has 13 heavy (non-hydrogen) atoms. The molecule has 0 aliphatic rings. The first-order valence-electron chi connectivity index (χ1n) is 5.57. The van der Waals surface area contributed by atoms with Crippen molar-refractivity contribution in [1.82, 2.24) is 0 Å². The smallest absolute Gasteiger partial charge is 0.0575 e. The molecule has 0 aliphatic carbocycles. The van der Waals surface area contributed by atoms with Crippen molar-refractivity contribution in [3.05, 3.63) is 12.7 Å². The van der Waals surface area contributed by atoms with Crippen molar-refractivity contribution in [3.63, 3.8) is 0 Å². The molecule has 1 heteroatoms. The number of ether oxygens (including phenoxy) is 1. The average molecular weight is 184 g/mol. The van der Waals surface area contributed by atoms with Crippen molar-refractivity contribution in [1.29, 1.82) is 0 Å². The minimum atomic E-state index is 0.491. The van der Waals surface area contributed by atoms with Crippen LogP contribution in [0.25, 0.3) is 0 Å². The van der Waals surface area contributed by atoms with E-state index in [1.807, 2.05) is 6.08 Å². The maximum Gasteiger partial charge on any atom is 0.0575 e. The van der Waals surface area contributed by atoms with Crippen LogP contribution in [0, 0.1) is 0 Å². The van der Waals surface area contributed by atoms with E-state index in [1.165, 1.54) is 32.1 Å². The van der Waals surface area contributed by atoms with Crippen LogP contribution < -0.4 is 0 Å². The number of hydrogen-bond acceptors (Lipinski definition) is 1. The highest BCUT2D eigenvalue weighted by atomic mass is 16.5. The summed E-state index contributed by atoms with van der Waals surface area (Å²) < 4.78 is 5.75. The third-order valence-electron chi connectivity index (χ3n) is 2.17. The summed E-state index contributed by atoms with van der Waals surface area (Å²) in [7, 11) is 0. The summed E-state index contributed by atoms with van der Waals surface area (Å²) in [6.45, 7) is 8.98. The Morgan fingerprint density at radius 1 is 1.23 bits per heavy atom. The fraction of sp³-hybridized carbons (Fsp3) is 0.833. The summed E-state index contributed by atoms with van der Waals surface area (Å²) in [5.41, 5.74) is 0. The third kappa shape index (κ3) is 8.04. The molecule has 1 atom stereocenters. The van der Waals surface area contributed by atoms with Crippen LogP contribution in [-0.4, -0.2) is 12.7 Å². The minimum Gasteiger partial charge on any atom is -0.378 e. The molecule has 1 nitrogen and oxygen atoms in total.